The summed E-state index contributed by atoms with van der Waals surface area (Å²) in [4.78, 5) is 11.4. The quantitative estimate of drug-likeness (QED) is 0.635. The first-order valence-electron chi connectivity index (χ1n) is 6.34. The highest BCUT2D eigenvalue weighted by Gasteiger charge is 2.08. The van der Waals surface area contributed by atoms with Gasteiger partial charge in [-0.1, -0.05) is 25.1 Å². The molecule has 0 aromatic heterocycles. The van der Waals surface area contributed by atoms with E-state index in [1.165, 1.54) is 19.2 Å². The van der Waals surface area contributed by atoms with Gasteiger partial charge in [-0.3, -0.25) is 0 Å². The Kier molecular flexibility index (Phi) is 6.22. The smallest absolute Gasteiger partial charge is 0.333 e. The lowest BCUT2D eigenvalue weighted by molar-refractivity contribution is -0.136. The van der Waals surface area contributed by atoms with Crippen molar-refractivity contribution in [3.8, 4) is 0 Å². The number of benzene rings is 1. The lowest BCUT2D eigenvalue weighted by Crippen LogP contribution is -2.19. The number of esters is 1. The molecule has 0 aliphatic heterocycles. The van der Waals surface area contributed by atoms with E-state index >= 15 is 0 Å². The summed E-state index contributed by atoms with van der Waals surface area (Å²) < 4.78 is 17.8. The molecule has 0 saturated carbocycles. The van der Waals surface area contributed by atoms with Gasteiger partial charge in [-0.25, -0.2) is 9.18 Å². The van der Waals surface area contributed by atoms with Crippen LogP contribution in [0.3, 0.4) is 0 Å². The predicted octanol–water partition coefficient (Wildman–Crippen LogP) is 2.99. The molecular formula is C15H20FNO2. The summed E-state index contributed by atoms with van der Waals surface area (Å²) in [5.74, 6) is -0.548. The molecule has 0 heterocycles. The van der Waals surface area contributed by atoms with Gasteiger partial charge in [0.05, 0.1) is 7.11 Å². The maximum Gasteiger partial charge on any atom is 0.333 e. The molecule has 0 fully saturated rings. The largest absolute Gasteiger partial charge is 0.466 e. The zero-order valence-electron chi connectivity index (χ0n) is 11.6. The molecule has 0 aliphatic rings. The van der Waals surface area contributed by atoms with Gasteiger partial charge in [-0.2, -0.15) is 0 Å². The average molecular weight is 265 g/mol. The first-order chi connectivity index (χ1) is 9.08. The van der Waals surface area contributed by atoms with Gasteiger partial charge in [0.1, 0.15) is 5.82 Å². The van der Waals surface area contributed by atoms with Crippen LogP contribution in [0.4, 0.5) is 4.39 Å². The van der Waals surface area contributed by atoms with E-state index in [-0.39, 0.29) is 17.8 Å². The van der Waals surface area contributed by atoms with Gasteiger partial charge < -0.3 is 10.1 Å². The Morgan fingerprint density at radius 3 is 2.84 bits per heavy atom. The minimum Gasteiger partial charge on any atom is -0.466 e. The van der Waals surface area contributed by atoms with Gasteiger partial charge in [0.2, 0.25) is 0 Å². The molecule has 0 bridgehead atoms. The molecular weight excluding hydrogens is 245 g/mol. The SMILES string of the molecule is CC/C(=C/CNC(C)c1cccc(F)c1)C(=O)OC. The summed E-state index contributed by atoms with van der Waals surface area (Å²) in [5, 5.41) is 3.22. The van der Waals surface area contributed by atoms with Crippen molar-refractivity contribution in [3.05, 3.63) is 47.3 Å². The van der Waals surface area contributed by atoms with E-state index in [9.17, 15) is 9.18 Å². The number of hydrogen-bond donors (Lipinski definition) is 1. The Morgan fingerprint density at radius 2 is 2.26 bits per heavy atom. The van der Waals surface area contributed by atoms with Crippen LogP contribution in [0.15, 0.2) is 35.9 Å². The van der Waals surface area contributed by atoms with Crippen LogP contribution in [0.25, 0.3) is 0 Å². The van der Waals surface area contributed by atoms with Crippen molar-refractivity contribution in [1.82, 2.24) is 5.32 Å². The highest BCUT2D eigenvalue weighted by atomic mass is 19.1. The third-order valence-electron chi connectivity index (χ3n) is 2.95. The molecule has 104 valence electrons. The molecule has 0 radical (unpaired) electrons. The summed E-state index contributed by atoms with van der Waals surface area (Å²) >= 11 is 0. The number of ether oxygens (including phenoxy) is 1. The molecule has 1 N–H and O–H groups in total. The number of carbonyl (C=O) groups excluding carboxylic acids is 1. The van der Waals surface area contributed by atoms with Gasteiger partial charge in [0, 0.05) is 18.2 Å². The van der Waals surface area contributed by atoms with Gasteiger partial charge in [0.25, 0.3) is 0 Å². The summed E-state index contributed by atoms with van der Waals surface area (Å²) in [6, 6.07) is 6.49. The average Bonchev–Trinajstić information content (AvgIpc) is 2.42. The number of carbonyl (C=O) groups is 1. The fraction of sp³-hybridized carbons (Fsp3) is 0.400. The van der Waals surface area contributed by atoms with E-state index in [1.54, 1.807) is 6.07 Å². The standard InChI is InChI=1S/C15H20FNO2/c1-4-12(15(18)19-3)8-9-17-11(2)13-6-5-7-14(16)10-13/h5-8,10-11,17H,4,9H2,1-3H3/b12-8-. The highest BCUT2D eigenvalue weighted by molar-refractivity contribution is 5.88. The van der Waals surface area contributed by atoms with Crippen molar-refractivity contribution >= 4 is 5.97 Å². The Hall–Kier alpha value is -1.68. The number of halogens is 1. The topological polar surface area (TPSA) is 38.3 Å². The maximum absolute atomic E-state index is 13.1. The van der Waals surface area contributed by atoms with Gasteiger partial charge >= 0.3 is 5.97 Å². The molecule has 1 rings (SSSR count). The van der Waals surface area contributed by atoms with Crippen molar-refractivity contribution in [2.45, 2.75) is 26.3 Å². The Balaban J connectivity index is 2.57. The Labute approximate surface area is 113 Å². The van der Waals surface area contributed by atoms with Crippen LogP contribution < -0.4 is 5.32 Å². The summed E-state index contributed by atoms with van der Waals surface area (Å²) in [6.45, 7) is 4.39. The van der Waals surface area contributed by atoms with Crippen molar-refractivity contribution in [2.24, 2.45) is 0 Å². The number of methoxy groups -OCH3 is 1. The molecule has 0 saturated heterocycles. The molecule has 1 atom stereocenters. The van der Waals surface area contributed by atoms with E-state index in [1.807, 2.05) is 26.0 Å². The molecule has 0 spiro atoms. The van der Waals surface area contributed by atoms with Crippen LogP contribution in [-0.2, 0) is 9.53 Å². The second kappa shape index (κ2) is 7.69. The molecule has 0 amide bonds. The van der Waals surface area contributed by atoms with Gasteiger partial charge in [-0.05, 0) is 31.0 Å². The summed E-state index contributed by atoms with van der Waals surface area (Å²) in [5.41, 5.74) is 1.52. The van der Waals surface area contributed by atoms with Crippen LogP contribution in [0.2, 0.25) is 0 Å². The lowest BCUT2D eigenvalue weighted by Gasteiger charge is -2.13. The van der Waals surface area contributed by atoms with Crippen molar-refractivity contribution in [1.29, 1.82) is 0 Å². The number of nitrogens with one attached hydrogen (secondary N) is 1. The lowest BCUT2D eigenvalue weighted by atomic mass is 10.1. The van der Waals surface area contributed by atoms with Crippen molar-refractivity contribution < 1.29 is 13.9 Å². The predicted molar refractivity (Wildman–Crippen MR) is 73.2 cm³/mol. The van der Waals surface area contributed by atoms with E-state index in [4.69, 9.17) is 0 Å². The van der Waals surface area contributed by atoms with E-state index in [0.717, 1.165) is 5.56 Å². The minimum atomic E-state index is -0.303. The Morgan fingerprint density at radius 1 is 1.53 bits per heavy atom. The van der Waals surface area contributed by atoms with Crippen molar-refractivity contribution in [2.75, 3.05) is 13.7 Å². The molecule has 1 aromatic carbocycles. The van der Waals surface area contributed by atoms with Gasteiger partial charge in [0.15, 0.2) is 0 Å². The normalized spacial score (nSPS) is 13.2. The van der Waals surface area contributed by atoms with Crippen LogP contribution >= 0.6 is 0 Å². The van der Waals surface area contributed by atoms with Crippen LogP contribution in [-0.4, -0.2) is 19.6 Å². The highest BCUT2D eigenvalue weighted by Crippen LogP contribution is 2.13. The van der Waals surface area contributed by atoms with Crippen LogP contribution in [0.5, 0.6) is 0 Å². The second-order valence-electron chi connectivity index (χ2n) is 4.26. The molecule has 1 unspecified atom stereocenters. The van der Waals surface area contributed by atoms with Gasteiger partial charge in [-0.15, -0.1) is 0 Å². The summed E-state index contributed by atoms with van der Waals surface area (Å²) in [7, 11) is 1.37. The maximum atomic E-state index is 13.1. The molecule has 19 heavy (non-hydrogen) atoms. The zero-order chi connectivity index (χ0) is 14.3. The third kappa shape index (κ3) is 4.83. The number of rotatable bonds is 6. The fourth-order valence-corrected chi connectivity index (χ4v) is 1.76. The first-order valence-corrected chi connectivity index (χ1v) is 6.34. The Bertz CT molecular complexity index is 457. The molecule has 0 aliphatic carbocycles. The van der Waals surface area contributed by atoms with E-state index < -0.39 is 0 Å². The van der Waals surface area contributed by atoms with E-state index in [2.05, 4.69) is 10.1 Å². The number of hydrogen-bond acceptors (Lipinski definition) is 3. The fourth-order valence-electron chi connectivity index (χ4n) is 1.76. The first kappa shape index (κ1) is 15.4. The zero-order valence-corrected chi connectivity index (χ0v) is 11.6. The summed E-state index contributed by atoms with van der Waals surface area (Å²) in [6.07, 6.45) is 2.43. The van der Waals surface area contributed by atoms with E-state index in [0.29, 0.717) is 18.5 Å². The molecule has 3 nitrogen and oxygen atoms in total. The van der Waals surface area contributed by atoms with Crippen molar-refractivity contribution in [3.63, 3.8) is 0 Å². The third-order valence-corrected chi connectivity index (χ3v) is 2.95. The second-order valence-corrected chi connectivity index (χ2v) is 4.26. The minimum absolute atomic E-state index is 0.0164. The monoisotopic (exact) mass is 265 g/mol. The molecule has 4 heteroatoms. The van der Waals surface area contributed by atoms with Crippen LogP contribution in [0, 0.1) is 5.82 Å². The van der Waals surface area contributed by atoms with Crippen LogP contribution in [0.1, 0.15) is 31.9 Å². The molecule has 1 aromatic rings.